The monoisotopic (exact) mass is 794 g/mol. The van der Waals surface area contributed by atoms with E-state index in [0.717, 1.165) is 0 Å². The van der Waals surface area contributed by atoms with Crippen molar-refractivity contribution < 1.29 is 20.9 Å². The number of rotatable bonds is 15. The van der Waals surface area contributed by atoms with Crippen LogP contribution in [0, 0.1) is 5.92 Å². The van der Waals surface area contributed by atoms with Gasteiger partial charge >= 0.3 is 220 Å². The molecule has 5 rings (SSSR count). The van der Waals surface area contributed by atoms with E-state index in [1.165, 1.54) is 69.0 Å². The van der Waals surface area contributed by atoms with E-state index in [1.807, 2.05) is 15.5 Å². The minimum atomic E-state index is -2.37. The molecule has 0 heterocycles. The quantitative estimate of drug-likeness (QED) is 0.0934. The van der Waals surface area contributed by atoms with Gasteiger partial charge in [0.1, 0.15) is 0 Å². The van der Waals surface area contributed by atoms with E-state index in [1.54, 1.807) is 27.1 Å². The van der Waals surface area contributed by atoms with Crippen LogP contribution in [0.5, 0.6) is 0 Å². The third kappa shape index (κ3) is 10.5. The van der Waals surface area contributed by atoms with Crippen molar-refractivity contribution in [2.24, 2.45) is 5.92 Å². The molecular weight excluding hydrogens is 737 g/mol. The maximum absolute atomic E-state index is 4.36. The SMILES string of the molecule is CCCCCCCCCC[NH][Hf]([C]1=C(C)C(C)=C(C)C1C)[SiH](c1ccccc1)c1ccccc1.c1ccc(-c2ccccc2)cc1. The Labute approximate surface area is 289 Å². The van der Waals surface area contributed by atoms with E-state index in [9.17, 15) is 0 Å². The van der Waals surface area contributed by atoms with Crippen LogP contribution in [0.2, 0.25) is 0 Å². The summed E-state index contributed by atoms with van der Waals surface area (Å²) in [5, 5.41) is 3.27. The maximum atomic E-state index is 4.36. The van der Waals surface area contributed by atoms with Gasteiger partial charge in [-0.1, -0.05) is 60.7 Å². The van der Waals surface area contributed by atoms with Gasteiger partial charge in [0, 0.05) is 0 Å². The molecule has 0 aliphatic heterocycles. The molecule has 0 spiro atoms. The second-order valence-corrected chi connectivity index (χ2v) is 32.2. The minimum absolute atomic E-state index is 0.621. The molecule has 0 amide bonds. The zero-order valence-corrected chi connectivity index (χ0v) is 33.8. The Balaban J connectivity index is 0.000000331. The topological polar surface area (TPSA) is 12.0 Å². The predicted octanol–water partition coefficient (Wildman–Crippen LogP) is 10.4. The van der Waals surface area contributed by atoms with Gasteiger partial charge in [-0.3, -0.25) is 0 Å². The van der Waals surface area contributed by atoms with Crippen LogP contribution in [0.1, 0.15) is 86.0 Å². The van der Waals surface area contributed by atoms with Crippen LogP contribution in [0.15, 0.2) is 141 Å². The molecule has 4 aromatic rings. The molecule has 4 aromatic carbocycles. The van der Waals surface area contributed by atoms with E-state index < -0.39 is 26.9 Å². The number of unbranched alkanes of at least 4 members (excludes halogenated alkanes) is 7. The summed E-state index contributed by atoms with van der Waals surface area (Å²) in [5.41, 5.74) is 7.35. The molecule has 3 heteroatoms. The van der Waals surface area contributed by atoms with Gasteiger partial charge in [-0.25, -0.2) is 0 Å². The van der Waals surface area contributed by atoms with Crippen molar-refractivity contribution in [3.63, 3.8) is 0 Å². The number of hydrogen-bond donors (Lipinski definition) is 1. The molecule has 0 fully saturated rings. The Bertz CT molecular complexity index is 1400. The van der Waals surface area contributed by atoms with Crippen molar-refractivity contribution in [3.05, 3.63) is 141 Å². The first-order valence-electron chi connectivity index (χ1n) is 17.7. The van der Waals surface area contributed by atoms with Crippen molar-refractivity contribution in [1.82, 2.24) is 3.30 Å². The molecule has 0 aromatic heterocycles. The zero-order valence-electron chi connectivity index (χ0n) is 29.1. The van der Waals surface area contributed by atoms with Crippen LogP contribution < -0.4 is 13.7 Å². The van der Waals surface area contributed by atoms with Crippen LogP contribution in [0.4, 0.5) is 0 Å². The first-order chi connectivity index (χ1) is 22.5. The summed E-state index contributed by atoms with van der Waals surface area (Å²) >= 11 is -2.37. The number of allylic oxidation sites excluding steroid dienone is 4. The van der Waals surface area contributed by atoms with Gasteiger partial charge in [0.2, 0.25) is 0 Å². The van der Waals surface area contributed by atoms with Gasteiger partial charge in [-0.15, -0.1) is 0 Å². The van der Waals surface area contributed by atoms with Gasteiger partial charge in [0.25, 0.3) is 0 Å². The number of benzene rings is 4. The largest absolute Gasteiger partial charge is 0.0622 e. The molecular formula is C43H56HfNSi. The molecule has 1 nitrogen and oxygen atoms in total. The average Bonchev–Trinajstić information content (AvgIpc) is 3.30. The Kier molecular flexibility index (Phi) is 15.7. The van der Waals surface area contributed by atoms with Gasteiger partial charge in [-0.05, 0) is 11.1 Å². The molecule has 241 valence electrons. The summed E-state index contributed by atoms with van der Waals surface area (Å²) in [5.74, 6) is -0.690. The van der Waals surface area contributed by atoms with Crippen molar-refractivity contribution in [2.75, 3.05) is 6.54 Å². The summed E-state index contributed by atoms with van der Waals surface area (Å²) in [6.45, 7) is 13.1. The average molecular weight is 794 g/mol. The van der Waals surface area contributed by atoms with Gasteiger partial charge in [0.15, 0.2) is 0 Å². The summed E-state index contributed by atoms with van der Waals surface area (Å²) < 4.78 is 6.23. The Morgan fingerprint density at radius 3 is 1.37 bits per heavy atom. The molecule has 1 unspecified atom stereocenters. The van der Waals surface area contributed by atoms with Crippen molar-refractivity contribution in [2.45, 2.75) is 86.0 Å². The number of hydrogen-bond acceptors (Lipinski definition) is 1. The van der Waals surface area contributed by atoms with Crippen molar-refractivity contribution in [3.8, 4) is 11.1 Å². The van der Waals surface area contributed by atoms with Crippen LogP contribution in [0.3, 0.4) is 0 Å². The molecule has 1 aliphatic carbocycles. The zero-order chi connectivity index (χ0) is 32.6. The smallest absolute Gasteiger partial charge is 0.0184 e. The molecule has 1 N–H and O–H groups in total. The fourth-order valence-electron chi connectivity index (χ4n) is 6.71. The molecule has 0 saturated heterocycles. The Morgan fingerprint density at radius 1 is 0.543 bits per heavy atom. The molecule has 0 bridgehead atoms. The van der Waals surface area contributed by atoms with Crippen LogP contribution >= 0.6 is 0 Å². The molecule has 1 aliphatic rings. The standard InChI is InChI=1S/C12H11Si.C12H10.C10H22N.C9H13.Hf/c1-3-7-11(8-4-1)13-12-9-5-2-6-10-12;1-3-7-11(8-4-1)12-9-5-2-6-10-12;1-2-3-4-5-6-7-8-9-10-11;1-6-5-7(2)9(4)8(6)3;/h1-10,13H;1-10H;11H,2-10H2,1H3;6H,1-4H3;/q;;-1;;+1. The van der Waals surface area contributed by atoms with Crippen molar-refractivity contribution >= 4 is 16.4 Å². The molecule has 0 radical (unpaired) electrons. The Morgan fingerprint density at radius 2 is 0.957 bits per heavy atom. The second kappa shape index (κ2) is 19.9. The third-order valence-electron chi connectivity index (χ3n) is 9.71. The normalized spacial score (nSPS) is 14.4. The van der Waals surface area contributed by atoms with Crippen LogP contribution in [0.25, 0.3) is 11.1 Å². The van der Waals surface area contributed by atoms with E-state index in [2.05, 4.69) is 147 Å². The van der Waals surface area contributed by atoms with Gasteiger partial charge in [-0.2, -0.15) is 0 Å². The third-order valence-corrected chi connectivity index (χ3v) is 37.3. The minimum Gasteiger partial charge on any atom is -0.0622 e. The molecule has 0 saturated carbocycles. The van der Waals surface area contributed by atoms with E-state index in [-0.39, 0.29) is 0 Å². The van der Waals surface area contributed by atoms with Crippen molar-refractivity contribution in [1.29, 1.82) is 0 Å². The summed E-state index contributed by atoms with van der Waals surface area (Å²) in [4.78, 5) is 0. The van der Waals surface area contributed by atoms with Gasteiger partial charge < -0.3 is 0 Å². The molecule has 46 heavy (non-hydrogen) atoms. The first-order valence-corrected chi connectivity index (χ1v) is 29.3. The second-order valence-electron chi connectivity index (χ2n) is 12.9. The van der Waals surface area contributed by atoms with E-state index in [0.29, 0.717) is 5.92 Å². The van der Waals surface area contributed by atoms with Crippen LogP contribution in [-0.4, -0.2) is 12.5 Å². The predicted molar refractivity (Wildman–Crippen MR) is 202 cm³/mol. The summed E-state index contributed by atoms with van der Waals surface area (Å²) in [7, 11) is 0. The van der Waals surface area contributed by atoms with Crippen LogP contribution in [-0.2, 0) is 20.9 Å². The van der Waals surface area contributed by atoms with E-state index in [4.69, 9.17) is 0 Å². The first kappa shape index (κ1) is 36.2. The van der Waals surface area contributed by atoms with Gasteiger partial charge in [0.05, 0.1) is 0 Å². The summed E-state index contributed by atoms with van der Waals surface area (Å²) in [6, 6.07) is 43.9. The fraction of sp³-hybridized carbons (Fsp3) is 0.349. The maximum Gasteiger partial charge on any atom is -0.0184 e. The molecule has 1 atom stereocenters. The van der Waals surface area contributed by atoms with E-state index >= 15 is 0 Å². The fourth-order valence-corrected chi connectivity index (χ4v) is 38.2. The summed E-state index contributed by atoms with van der Waals surface area (Å²) in [6.07, 6.45) is 11.1. The number of nitrogens with one attached hydrogen (secondary N) is 1. The Hall–Kier alpha value is -2.59.